The van der Waals surface area contributed by atoms with Crippen molar-refractivity contribution >= 4 is 5.82 Å². The Bertz CT molecular complexity index is 366. The highest BCUT2D eigenvalue weighted by Gasteiger charge is 2.06. The van der Waals surface area contributed by atoms with Crippen molar-refractivity contribution in [1.82, 2.24) is 9.97 Å². The smallest absolute Gasteiger partial charge is 0.218 e. The maximum Gasteiger partial charge on any atom is 0.218 e. The number of nitrogens with zero attached hydrogens (tertiary/aromatic N) is 2. The molecule has 0 bridgehead atoms. The van der Waals surface area contributed by atoms with Gasteiger partial charge in [-0.2, -0.15) is 4.98 Å². The summed E-state index contributed by atoms with van der Waals surface area (Å²) < 4.78 is 5.14. The van der Waals surface area contributed by atoms with Gasteiger partial charge in [0.15, 0.2) is 0 Å². The van der Waals surface area contributed by atoms with Crippen LogP contribution < -0.4 is 10.1 Å². The molecule has 1 rings (SSSR count). The van der Waals surface area contributed by atoms with Crippen molar-refractivity contribution in [3.63, 3.8) is 0 Å². The highest BCUT2D eigenvalue weighted by atomic mass is 16.5. The van der Waals surface area contributed by atoms with Crippen molar-refractivity contribution in [2.45, 2.75) is 53.0 Å². The van der Waals surface area contributed by atoms with Crippen molar-refractivity contribution in [2.24, 2.45) is 5.92 Å². The maximum atomic E-state index is 5.14. The standard InChI is InChI=1S/C14H25N3O/c1-10(2)7-6-8-11(3)15-13-9-14(18-5)17-12(4)16-13/h9-11H,6-8H2,1-5H3,(H,15,16,17). The summed E-state index contributed by atoms with van der Waals surface area (Å²) in [4.78, 5) is 8.53. The van der Waals surface area contributed by atoms with Crippen LogP contribution >= 0.6 is 0 Å². The predicted molar refractivity (Wildman–Crippen MR) is 75.1 cm³/mol. The molecule has 0 amide bonds. The number of ether oxygens (including phenoxy) is 1. The van der Waals surface area contributed by atoms with Crippen LogP contribution in [0.1, 0.15) is 45.9 Å². The number of aryl methyl sites for hydroxylation is 1. The Kier molecular flexibility index (Phi) is 5.89. The average Bonchev–Trinajstić information content (AvgIpc) is 2.27. The number of methoxy groups -OCH3 is 1. The van der Waals surface area contributed by atoms with Crippen LogP contribution in [-0.4, -0.2) is 23.1 Å². The quantitative estimate of drug-likeness (QED) is 0.806. The van der Waals surface area contributed by atoms with Gasteiger partial charge in [-0.3, -0.25) is 0 Å². The van der Waals surface area contributed by atoms with Gasteiger partial charge in [0.25, 0.3) is 0 Å². The minimum atomic E-state index is 0.419. The van der Waals surface area contributed by atoms with E-state index in [0.717, 1.165) is 24.0 Å². The van der Waals surface area contributed by atoms with Gasteiger partial charge in [0, 0.05) is 12.1 Å². The van der Waals surface area contributed by atoms with Crippen molar-refractivity contribution in [2.75, 3.05) is 12.4 Å². The van der Waals surface area contributed by atoms with Gasteiger partial charge in [-0.15, -0.1) is 0 Å². The number of hydrogen-bond donors (Lipinski definition) is 1. The molecular formula is C14H25N3O. The summed E-state index contributed by atoms with van der Waals surface area (Å²) in [6, 6.07) is 2.26. The molecule has 0 aromatic carbocycles. The molecule has 0 aliphatic rings. The summed E-state index contributed by atoms with van der Waals surface area (Å²) in [6.07, 6.45) is 3.68. The van der Waals surface area contributed by atoms with E-state index in [1.165, 1.54) is 12.8 Å². The molecule has 1 aromatic rings. The molecule has 1 aromatic heterocycles. The zero-order valence-electron chi connectivity index (χ0n) is 12.2. The maximum absolute atomic E-state index is 5.14. The zero-order valence-corrected chi connectivity index (χ0v) is 12.2. The van der Waals surface area contributed by atoms with E-state index in [2.05, 4.69) is 36.1 Å². The number of hydrogen-bond acceptors (Lipinski definition) is 4. The lowest BCUT2D eigenvalue weighted by Gasteiger charge is -2.15. The van der Waals surface area contributed by atoms with Crippen LogP contribution in [0.4, 0.5) is 5.82 Å². The highest BCUT2D eigenvalue weighted by molar-refractivity contribution is 5.39. The van der Waals surface area contributed by atoms with Gasteiger partial charge in [0.05, 0.1) is 7.11 Å². The third-order valence-corrected chi connectivity index (χ3v) is 2.84. The van der Waals surface area contributed by atoms with Gasteiger partial charge < -0.3 is 10.1 Å². The van der Waals surface area contributed by atoms with Crippen molar-refractivity contribution < 1.29 is 4.74 Å². The van der Waals surface area contributed by atoms with Crippen LogP contribution in [0.3, 0.4) is 0 Å². The summed E-state index contributed by atoms with van der Waals surface area (Å²) in [6.45, 7) is 8.58. The first-order chi connectivity index (χ1) is 8.51. The molecule has 1 unspecified atom stereocenters. The average molecular weight is 251 g/mol. The summed E-state index contributed by atoms with van der Waals surface area (Å²) >= 11 is 0. The minimum Gasteiger partial charge on any atom is -0.481 e. The van der Waals surface area contributed by atoms with E-state index in [4.69, 9.17) is 4.74 Å². The second-order valence-corrected chi connectivity index (χ2v) is 5.21. The van der Waals surface area contributed by atoms with Gasteiger partial charge in [0.1, 0.15) is 11.6 Å². The van der Waals surface area contributed by atoms with Crippen molar-refractivity contribution in [3.8, 4) is 5.88 Å². The lowest BCUT2D eigenvalue weighted by molar-refractivity contribution is 0.395. The van der Waals surface area contributed by atoms with Crippen LogP contribution in [0.5, 0.6) is 5.88 Å². The van der Waals surface area contributed by atoms with E-state index in [0.29, 0.717) is 11.9 Å². The molecule has 0 spiro atoms. The van der Waals surface area contributed by atoms with E-state index in [9.17, 15) is 0 Å². The zero-order chi connectivity index (χ0) is 13.5. The van der Waals surface area contributed by atoms with Gasteiger partial charge in [-0.05, 0) is 26.2 Å². The summed E-state index contributed by atoms with van der Waals surface area (Å²) in [5.74, 6) is 2.96. The number of anilines is 1. The molecule has 0 aliphatic carbocycles. The van der Waals surface area contributed by atoms with E-state index in [1.807, 2.05) is 13.0 Å². The Labute approximate surface area is 110 Å². The lowest BCUT2D eigenvalue weighted by Crippen LogP contribution is -2.16. The lowest BCUT2D eigenvalue weighted by atomic mass is 10.0. The Morgan fingerprint density at radius 3 is 2.56 bits per heavy atom. The fraction of sp³-hybridized carbons (Fsp3) is 0.714. The molecular weight excluding hydrogens is 226 g/mol. The van der Waals surface area contributed by atoms with E-state index in [1.54, 1.807) is 7.11 Å². The number of rotatable bonds is 7. The Hall–Kier alpha value is -1.32. The fourth-order valence-electron chi connectivity index (χ4n) is 1.88. The first kappa shape index (κ1) is 14.7. The number of aromatic nitrogens is 2. The third-order valence-electron chi connectivity index (χ3n) is 2.84. The first-order valence-corrected chi connectivity index (χ1v) is 6.67. The second kappa shape index (κ2) is 7.19. The van der Waals surface area contributed by atoms with Crippen LogP contribution in [0, 0.1) is 12.8 Å². The van der Waals surface area contributed by atoms with Crippen molar-refractivity contribution in [3.05, 3.63) is 11.9 Å². The molecule has 18 heavy (non-hydrogen) atoms. The Balaban J connectivity index is 2.48. The molecule has 0 aliphatic heterocycles. The molecule has 1 N–H and O–H groups in total. The second-order valence-electron chi connectivity index (χ2n) is 5.21. The monoisotopic (exact) mass is 251 g/mol. The van der Waals surface area contributed by atoms with Gasteiger partial charge >= 0.3 is 0 Å². The molecule has 102 valence electrons. The fourth-order valence-corrected chi connectivity index (χ4v) is 1.88. The molecule has 0 fully saturated rings. The summed E-state index contributed by atoms with van der Waals surface area (Å²) in [5.41, 5.74) is 0. The highest BCUT2D eigenvalue weighted by Crippen LogP contribution is 2.16. The van der Waals surface area contributed by atoms with Gasteiger partial charge in [0.2, 0.25) is 5.88 Å². The van der Waals surface area contributed by atoms with E-state index in [-0.39, 0.29) is 0 Å². The molecule has 1 atom stereocenters. The molecule has 4 heteroatoms. The third kappa shape index (κ3) is 5.34. The SMILES string of the molecule is COc1cc(NC(C)CCCC(C)C)nc(C)n1. The Morgan fingerprint density at radius 1 is 1.22 bits per heavy atom. The molecule has 0 radical (unpaired) electrons. The topological polar surface area (TPSA) is 47.0 Å². The molecule has 4 nitrogen and oxygen atoms in total. The summed E-state index contributed by atoms with van der Waals surface area (Å²) in [5, 5.41) is 3.40. The van der Waals surface area contributed by atoms with Gasteiger partial charge in [-0.1, -0.05) is 26.7 Å². The Morgan fingerprint density at radius 2 is 1.94 bits per heavy atom. The summed E-state index contributed by atoms with van der Waals surface area (Å²) in [7, 11) is 1.62. The number of nitrogens with one attached hydrogen (secondary N) is 1. The molecule has 0 saturated carbocycles. The normalized spacial score (nSPS) is 12.6. The minimum absolute atomic E-state index is 0.419. The van der Waals surface area contributed by atoms with Crippen LogP contribution in [0.15, 0.2) is 6.07 Å². The van der Waals surface area contributed by atoms with Crippen LogP contribution in [-0.2, 0) is 0 Å². The molecule has 0 saturated heterocycles. The van der Waals surface area contributed by atoms with E-state index < -0.39 is 0 Å². The van der Waals surface area contributed by atoms with Crippen molar-refractivity contribution in [1.29, 1.82) is 0 Å². The predicted octanol–water partition coefficient (Wildman–Crippen LogP) is 3.42. The largest absolute Gasteiger partial charge is 0.481 e. The van der Waals surface area contributed by atoms with Crippen LogP contribution in [0.25, 0.3) is 0 Å². The van der Waals surface area contributed by atoms with E-state index >= 15 is 0 Å². The first-order valence-electron chi connectivity index (χ1n) is 6.67. The van der Waals surface area contributed by atoms with Gasteiger partial charge in [-0.25, -0.2) is 4.98 Å². The van der Waals surface area contributed by atoms with Crippen LogP contribution in [0.2, 0.25) is 0 Å². The molecule has 1 heterocycles.